The first-order valence-corrected chi connectivity index (χ1v) is 9.03. The molecule has 0 fully saturated rings. The zero-order valence-corrected chi connectivity index (χ0v) is 15.4. The van der Waals surface area contributed by atoms with Crippen LogP contribution in [-0.2, 0) is 13.2 Å². The number of nitrogens with zero attached hydrogens (tertiary/aromatic N) is 2. The van der Waals surface area contributed by atoms with Crippen molar-refractivity contribution >= 4 is 17.2 Å². The second-order valence-electron chi connectivity index (χ2n) is 5.93. The number of hydrogen-bond acceptors (Lipinski definition) is 4. The standard InChI is InChI=1S/C20H19FN2O2S/c1-14-22-17(13-26-14)12-25-18-8-5-7-15(10-18)20(24)23(2)11-16-6-3-4-9-19(16)21/h3-10,13H,11-12H2,1-2H3. The van der Waals surface area contributed by atoms with Gasteiger partial charge in [0.1, 0.15) is 18.2 Å². The van der Waals surface area contributed by atoms with Crippen molar-refractivity contribution in [1.82, 2.24) is 9.88 Å². The van der Waals surface area contributed by atoms with Gasteiger partial charge in [-0.1, -0.05) is 24.3 Å². The van der Waals surface area contributed by atoms with E-state index in [0.29, 0.717) is 23.5 Å². The lowest BCUT2D eigenvalue weighted by atomic mass is 10.1. The quantitative estimate of drug-likeness (QED) is 0.644. The highest BCUT2D eigenvalue weighted by molar-refractivity contribution is 7.09. The maximum Gasteiger partial charge on any atom is 0.254 e. The van der Waals surface area contributed by atoms with E-state index in [-0.39, 0.29) is 18.3 Å². The van der Waals surface area contributed by atoms with E-state index in [1.165, 1.54) is 11.0 Å². The largest absolute Gasteiger partial charge is 0.487 e. The van der Waals surface area contributed by atoms with Crippen molar-refractivity contribution in [3.05, 3.63) is 81.6 Å². The summed E-state index contributed by atoms with van der Waals surface area (Å²) in [5.74, 6) is 0.0896. The number of amides is 1. The van der Waals surface area contributed by atoms with Gasteiger partial charge in [-0.3, -0.25) is 4.79 Å². The SMILES string of the molecule is Cc1nc(COc2cccc(C(=O)N(C)Cc3ccccc3F)c2)cs1. The number of rotatable bonds is 6. The summed E-state index contributed by atoms with van der Waals surface area (Å²) in [5.41, 5.74) is 1.84. The molecule has 3 rings (SSSR count). The van der Waals surface area contributed by atoms with Gasteiger partial charge in [0, 0.05) is 30.1 Å². The van der Waals surface area contributed by atoms with Crippen LogP contribution in [-0.4, -0.2) is 22.8 Å². The fourth-order valence-corrected chi connectivity index (χ4v) is 3.12. The third kappa shape index (κ3) is 4.46. The number of halogens is 1. The Labute approximate surface area is 155 Å². The molecule has 2 aromatic carbocycles. The van der Waals surface area contributed by atoms with Crippen molar-refractivity contribution in [1.29, 1.82) is 0 Å². The number of benzene rings is 2. The van der Waals surface area contributed by atoms with Crippen LogP contribution in [0.3, 0.4) is 0 Å². The molecule has 0 aliphatic rings. The first-order chi connectivity index (χ1) is 12.5. The smallest absolute Gasteiger partial charge is 0.254 e. The maximum absolute atomic E-state index is 13.8. The van der Waals surface area contributed by atoms with E-state index in [4.69, 9.17) is 4.74 Å². The molecule has 4 nitrogen and oxygen atoms in total. The van der Waals surface area contributed by atoms with Crippen molar-refractivity contribution in [2.24, 2.45) is 0 Å². The molecule has 0 spiro atoms. The number of thiazole rings is 1. The molecule has 0 saturated heterocycles. The van der Waals surface area contributed by atoms with Crippen molar-refractivity contribution in [3.63, 3.8) is 0 Å². The maximum atomic E-state index is 13.8. The second-order valence-corrected chi connectivity index (χ2v) is 6.99. The number of ether oxygens (including phenoxy) is 1. The zero-order valence-electron chi connectivity index (χ0n) is 14.6. The molecule has 0 aliphatic heterocycles. The van der Waals surface area contributed by atoms with E-state index in [2.05, 4.69) is 4.98 Å². The predicted octanol–water partition coefficient (Wildman–Crippen LogP) is 4.44. The van der Waals surface area contributed by atoms with Crippen LogP contribution >= 0.6 is 11.3 Å². The number of carbonyl (C=O) groups excluding carboxylic acids is 1. The van der Waals surface area contributed by atoms with Gasteiger partial charge in [0.2, 0.25) is 0 Å². The van der Waals surface area contributed by atoms with Gasteiger partial charge in [-0.15, -0.1) is 11.3 Å². The molecule has 0 bridgehead atoms. The third-order valence-electron chi connectivity index (χ3n) is 3.85. The molecule has 134 valence electrons. The Kier molecular flexibility index (Phi) is 5.63. The van der Waals surface area contributed by atoms with Crippen molar-refractivity contribution in [2.45, 2.75) is 20.1 Å². The second kappa shape index (κ2) is 8.10. The van der Waals surface area contributed by atoms with Gasteiger partial charge in [0.15, 0.2) is 0 Å². The summed E-state index contributed by atoms with van der Waals surface area (Å²) in [5, 5.41) is 2.94. The molecule has 6 heteroatoms. The molecule has 0 atom stereocenters. The average Bonchev–Trinajstić information content (AvgIpc) is 3.07. The van der Waals surface area contributed by atoms with Gasteiger partial charge in [-0.25, -0.2) is 9.37 Å². The molecular weight excluding hydrogens is 351 g/mol. The Bertz CT molecular complexity index is 910. The van der Waals surface area contributed by atoms with Crippen LogP contribution in [0.5, 0.6) is 5.75 Å². The van der Waals surface area contributed by atoms with E-state index in [0.717, 1.165) is 10.7 Å². The van der Waals surface area contributed by atoms with Crippen LogP contribution in [0.1, 0.15) is 26.6 Å². The minimum atomic E-state index is -0.317. The number of hydrogen-bond donors (Lipinski definition) is 0. The lowest BCUT2D eigenvalue weighted by molar-refractivity contribution is 0.0783. The fourth-order valence-electron chi connectivity index (χ4n) is 2.53. The van der Waals surface area contributed by atoms with Crippen molar-refractivity contribution in [2.75, 3.05) is 7.05 Å². The van der Waals surface area contributed by atoms with Crippen molar-refractivity contribution < 1.29 is 13.9 Å². The van der Waals surface area contributed by atoms with Gasteiger partial charge < -0.3 is 9.64 Å². The van der Waals surface area contributed by atoms with E-state index in [1.54, 1.807) is 60.8 Å². The first-order valence-electron chi connectivity index (χ1n) is 8.15. The van der Waals surface area contributed by atoms with Gasteiger partial charge in [-0.05, 0) is 31.2 Å². The Morgan fingerprint density at radius 2 is 2.04 bits per heavy atom. The highest BCUT2D eigenvalue weighted by Gasteiger charge is 2.14. The fraction of sp³-hybridized carbons (Fsp3) is 0.200. The van der Waals surface area contributed by atoms with E-state index in [1.807, 2.05) is 12.3 Å². The Balaban J connectivity index is 1.66. The molecule has 0 radical (unpaired) electrons. The van der Waals surface area contributed by atoms with Crippen molar-refractivity contribution in [3.8, 4) is 5.75 Å². The summed E-state index contributed by atoms with van der Waals surface area (Å²) in [7, 11) is 1.65. The van der Waals surface area contributed by atoms with Crippen LogP contribution in [0.15, 0.2) is 53.9 Å². The lowest BCUT2D eigenvalue weighted by Gasteiger charge is -2.18. The van der Waals surface area contributed by atoms with Gasteiger partial charge in [0.05, 0.1) is 10.7 Å². The molecule has 0 aliphatic carbocycles. The molecule has 1 aromatic heterocycles. The summed E-state index contributed by atoms with van der Waals surface area (Å²) in [6, 6.07) is 13.4. The molecule has 1 heterocycles. The Morgan fingerprint density at radius 1 is 1.23 bits per heavy atom. The van der Waals surface area contributed by atoms with Crippen LogP contribution in [0.25, 0.3) is 0 Å². The monoisotopic (exact) mass is 370 g/mol. The van der Waals surface area contributed by atoms with Crippen LogP contribution in [0.2, 0.25) is 0 Å². The number of carbonyl (C=O) groups is 1. The average molecular weight is 370 g/mol. The van der Waals surface area contributed by atoms with E-state index in [9.17, 15) is 9.18 Å². The molecule has 1 amide bonds. The molecule has 3 aromatic rings. The van der Waals surface area contributed by atoms with E-state index >= 15 is 0 Å². The Hall–Kier alpha value is -2.73. The molecular formula is C20H19FN2O2S. The molecule has 26 heavy (non-hydrogen) atoms. The summed E-state index contributed by atoms with van der Waals surface area (Å²) in [6.07, 6.45) is 0. The van der Waals surface area contributed by atoms with Crippen LogP contribution < -0.4 is 4.74 Å². The lowest BCUT2D eigenvalue weighted by Crippen LogP contribution is -2.26. The molecule has 0 N–H and O–H groups in total. The van der Waals surface area contributed by atoms with Gasteiger partial charge >= 0.3 is 0 Å². The van der Waals surface area contributed by atoms with Crippen LogP contribution in [0, 0.1) is 12.7 Å². The highest BCUT2D eigenvalue weighted by Crippen LogP contribution is 2.18. The molecule has 0 saturated carbocycles. The third-order valence-corrected chi connectivity index (χ3v) is 4.67. The highest BCUT2D eigenvalue weighted by atomic mass is 32.1. The summed E-state index contributed by atoms with van der Waals surface area (Å²) < 4.78 is 19.5. The predicted molar refractivity (Wildman–Crippen MR) is 99.8 cm³/mol. The normalized spacial score (nSPS) is 10.6. The number of aromatic nitrogens is 1. The topological polar surface area (TPSA) is 42.4 Å². The molecule has 0 unspecified atom stereocenters. The minimum Gasteiger partial charge on any atom is -0.487 e. The minimum absolute atomic E-state index is 0.191. The Morgan fingerprint density at radius 3 is 2.77 bits per heavy atom. The summed E-state index contributed by atoms with van der Waals surface area (Å²) in [6.45, 7) is 2.50. The summed E-state index contributed by atoms with van der Waals surface area (Å²) >= 11 is 1.57. The van der Waals surface area contributed by atoms with Gasteiger partial charge in [-0.2, -0.15) is 0 Å². The van der Waals surface area contributed by atoms with E-state index < -0.39 is 0 Å². The van der Waals surface area contributed by atoms with Crippen LogP contribution in [0.4, 0.5) is 4.39 Å². The zero-order chi connectivity index (χ0) is 18.5. The number of aryl methyl sites for hydroxylation is 1. The first kappa shape index (κ1) is 18.1. The summed E-state index contributed by atoms with van der Waals surface area (Å²) in [4.78, 5) is 18.5. The van der Waals surface area contributed by atoms with Gasteiger partial charge in [0.25, 0.3) is 5.91 Å².